The number of rotatable bonds is 0. The van der Waals surface area contributed by atoms with E-state index < -0.39 is 0 Å². The Morgan fingerprint density at radius 1 is 0.938 bits per heavy atom. The van der Waals surface area contributed by atoms with Gasteiger partial charge in [-0.25, -0.2) is 0 Å². The largest absolute Gasteiger partial charge is 0.455 e. The van der Waals surface area contributed by atoms with Crippen LogP contribution < -0.4 is 10.5 Å². The maximum Gasteiger partial charge on any atom is 0.141 e. The van der Waals surface area contributed by atoms with Crippen LogP contribution >= 0.6 is 24.2 Å². The average Bonchev–Trinajstić information content (AvgIpc) is 2.26. The Kier molecular flexibility index (Phi) is 2.99. The molecule has 0 unspecified atom stereocenters. The molecule has 1 aliphatic rings. The summed E-state index contributed by atoms with van der Waals surface area (Å²) in [5.74, 6) is 1.80. The molecule has 2 nitrogen and oxygen atoms in total. The van der Waals surface area contributed by atoms with E-state index in [-0.39, 0.29) is 12.4 Å². The number of halogens is 1. The molecule has 0 amide bonds. The van der Waals surface area contributed by atoms with Gasteiger partial charge in [0, 0.05) is 5.69 Å². The van der Waals surface area contributed by atoms with E-state index in [0.29, 0.717) is 0 Å². The van der Waals surface area contributed by atoms with Crippen molar-refractivity contribution in [1.82, 2.24) is 0 Å². The van der Waals surface area contributed by atoms with Crippen molar-refractivity contribution in [2.75, 3.05) is 5.73 Å². The molecule has 0 bridgehead atoms. The molecule has 3 rings (SSSR count). The zero-order valence-electron chi connectivity index (χ0n) is 8.34. The van der Waals surface area contributed by atoms with Crippen molar-refractivity contribution in [3.63, 3.8) is 0 Å². The Bertz CT molecular complexity index is 530. The summed E-state index contributed by atoms with van der Waals surface area (Å²) < 4.78 is 5.76. The maximum atomic E-state index is 5.76. The molecule has 0 spiro atoms. The van der Waals surface area contributed by atoms with Gasteiger partial charge in [0.1, 0.15) is 11.5 Å². The Morgan fingerprint density at radius 3 is 2.56 bits per heavy atom. The Labute approximate surface area is 104 Å². The van der Waals surface area contributed by atoms with Gasteiger partial charge in [-0.3, -0.25) is 0 Å². The minimum absolute atomic E-state index is 0. The third-order valence-corrected chi connectivity index (χ3v) is 3.35. The Balaban J connectivity index is 0.000000963. The lowest BCUT2D eigenvalue weighted by molar-refractivity contribution is 0.454. The first-order valence-corrected chi connectivity index (χ1v) is 5.49. The summed E-state index contributed by atoms with van der Waals surface area (Å²) in [4.78, 5) is 2.21. The third-order valence-electron chi connectivity index (χ3n) is 2.26. The van der Waals surface area contributed by atoms with Gasteiger partial charge in [-0.15, -0.1) is 12.4 Å². The lowest BCUT2D eigenvalue weighted by atomic mass is 10.3. The van der Waals surface area contributed by atoms with Gasteiger partial charge in [0.15, 0.2) is 0 Å². The van der Waals surface area contributed by atoms with Gasteiger partial charge in [0.2, 0.25) is 0 Å². The second kappa shape index (κ2) is 4.28. The number of hydrogen-bond donors (Lipinski definition) is 1. The summed E-state index contributed by atoms with van der Waals surface area (Å²) in [6.07, 6.45) is 0. The van der Waals surface area contributed by atoms with Crippen molar-refractivity contribution in [2.45, 2.75) is 9.79 Å². The van der Waals surface area contributed by atoms with E-state index >= 15 is 0 Å². The molecule has 0 aliphatic carbocycles. The summed E-state index contributed by atoms with van der Waals surface area (Å²) in [7, 11) is 0. The SMILES string of the molecule is Cl.Nc1ccc2c(c1)Sc1ccccc1O2. The molecule has 2 aromatic carbocycles. The highest BCUT2D eigenvalue weighted by Crippen LogP contribution is 2.47. The highest BCUT2D eigenvalue weighted by atomic mass is 35.5. The fraction of sp³-hybridized carbons (Fsp3) is 0. The summed E-state index contributed by atoms with van der Waals surface area (Å²) in [6, 6.07) is 13.7. The van der Waals surface area contributed by atoms with Crippen LogP contribution in [0.2, 0.25) is 0 Å². The van der Waals surface area contributed by atoms with Crippen LogP contribution in [0.4, 0.5) is 5.69 Å². The van der Waals surface area contributed by atoms with Crippen LogP contribution in [0.3, 0.4) is 0 Å². The van der Waals surface area contributed by atoms with Gasteiger partial charge in [-0.1, -0.05) is 23.9 Å². The molecule has 2 aromatic rings. The van der Waals surface area contributed by atoms with E-state index in [2.05, 4.69) is 0 Å². The number of anilines is 1. The summed E-state index contributed by atoms with van der Waals surface area (Å²) in [6.45, 7) is 0. The first-order valence-electron chi connectivity index (χ1n) is 4.67. The fourth-order valence-corrected chi connectivity index (χ4v) is 2.54. The number of hydrogen-bond acceptors (Lipinski definition) is 3. The molecule has 0 radical (unpaired) electrons. The Morgan fingerprint density at radius 2 is 1.69 bits per heavy atom. The minimum atomic E-state index is 0. The van der Waals surface area contributed by atoms with Crippen molar-refractivity contribution < 1.29 is 4.74 Å². The van der Waals surface area contributed by atoms with Crippen molar-refractivity contribution in [3.8, 4) is 11.5 Å². The lowest BCUT2D eigenvalue weighted by Gasteiger charge is -2.19. The second-order valence-electron chi connectivity index (χ2n) is 3.36. The zero-order chi connectivity index (χ0) is 10.3. The van der Waals surface area contributed by atoms with Crippen molar-refractivity contribution in [2.24, 2.45) is 0 Å². The zero-order valence-corrected chi connectivity index (χ0v) is 9.98. The van der Waals surface area contributed by atoms with Crippen LogP contribution in [0.25, 0.3) is 0 Å². The van der Waals surface area contributed by atoms with Crippen molar-refractivity contribution in [1.29, 1.82) is 0 Å². The van der Waals surface area contributed by atoms with E-state index in [9.17, 15) is 0 Å². The lowest BCUT2D eigenvalue weighted by Crippen LogP contribution is -1.95. The van der Waals surface area contributed by atoms with Gasteiger partial charge in [-0.05, 0) is 30.3 Å². The molecule has 0 saturated carbocycles. The maximum absolute atomic E-state index is 5.76. The standard InChI is InChI=1S/C12H9NOS.ClH/c13-8-5-6-10-12(7-8)15-11-4-2-1-3-9(11)14-10;/h1-7H,13H2;1H. The van der Waals surface area contributed by atoms with Gasteiger partial charge in [0.05, 0.1) is 9.79 Å². The molecule has 82 valence electrons. The van der Waals surface area contributed by atoms with Gasteiger partial charge < -0.3 is 10.5 Å². The smallest absolute Gasteiger partial charge is 0.141 e. The third kappa shape index (κ3) is 1.84. The van der Waals surface area contributed by atoms with Gasteiger partial charge >= 0.3 is 0 Å². The van der Waals surface area contributed by atoms with E-state index in [1.54, 1.807) is 11.8 Å². The first-order chi connectivity index (χ1) is 7.33. The van der Waals surface area contributed by atoms with Gasteiger partial charge in [-0.2, -0.15) is 0 Å². The molecule has 0 aromatic heterocycles. The monoisotopic (exact) mass is 251 g/mol. The van der Waals surface area contributed by atoms with Crippen molar-refractivity contribution in [3.05, 3.63) is 42.5 Å². The number of ether oxygens (including phenoxy) is 1. The molecule has 0 atom stereocenters. The Hall–Kier alpha value is -1.32. The molecule has 2 N–H and O–H groups in total. The molecule has 0 fully saturated rings. The molecule has 1 aliphatic heterocycles. The first kappa shape index (κ1) is 11.2. The van der Waals surface area contributed by atoms with E-state index in [1.165, 1.54) is 0 Å². The van der Waals surface area contributed by atoms with Crippen LogP contribution in [0.15, 0.2) is 52.3 Å². The van der Waals surface area contributed by atoms with Crippen LogP contribution in [0, 0.1) is 0 Å². The van der Waals surface area contributed by atoms with E-state index in [0.717, 1.165) is 27.0 Å². The van der Waals surface area contributed by atoms with Crippen LogP contribution in [-0.2, 0) is 0 Å². The molecule has 16 heavy (non-hydrogen) atoms. The number of fused-ring (bicyclic) bond motifs is 2. The predicted octanol–water partition coefficient (Wildman–Crippen LogP) is 3.95. The molecule has 0 saturated heterocycles. The summed E-state index contributed by atoms with van der Waals surface area (Å²) in [5.41, 5.74) is 6.50. The fourth-order valence-electron chi connectivity index (χ4n) is 1.54. The second-order valence-corrected chi connectivity index (χ2v) is 4.44. The highest BCUT2D eigenvalue weighted by molar-refractivity contribution is 7.99. The predicted molar refractivity (Wildman–Crippen MR) is 68.7 cm³/mol. The summed E-state index contributed by atoms with van der Waals surface area (Å²) >= 11 is 1.69. The normalized spacial score (nSPS) is 11.8. The van der Waals surface area contributed by atoms with Crippen LogP contribution in [-0.4, -0.2) is 0 Å². The molecular weight excluding hydrogens is 242 g/mol. The topological polar surface area (TPSA) is 35.2 Å². The summed E-state index contributed by atoms with van der Waals surface area (Å²) in [5, 5.41) is 0. The van der Waals surface area contributed by atoms with E-state index in [4.69, 9.17) is 10.5 Å². The van der Waals surface area contributed by atoms with E-state index in [1.807, 2.05) is 42.5 Å². The quantitative estimate of drug-likeness (QED) is 0.615. The number of nitrogens with two attached hydrogens (primary N) is 1. The van der Waals surface area contributed by atoms with Crippen molar-refractivity contribution >= 4 is 29.9 Å². The van der Waals surface area contributed by atoms with Crippen LogP contribution in [0.1, 0.15) is 0 Å². The number of nitrogen functional groups attached to an aromatic ring is 1. The number of para-hydroxylation sites is 1. The molecule has 4 heteroatoms. The molecule has 1 heterocycles. The van der Waals surface area contributed by atoms with Crippen LogP contribution in [0.5, 0.6) is 11.5 Å². The minimum Gasteiger partial charge on any atom is -0.455 e. The number of benzene rings is 2. The highest BCUT2D eigenvalue weighted by Gasteiger charge is 2.16. The molecular formula is C12H10ClNOS. The average molecular weight is 252 g/mol. The van der Waals surface area contributed by atoms with Gasteiger partial charge in [0.25, 0.3) is 0 Å².